The van der Waals surface area contributed by atoms with Crippen LogP contribution in [0.4, 0.5) is 16.6 Å². The Kier molecular flexibility index (Phi) is 6.08. The molecule has 1 fully saturated rings. The predicted molar refractivity (Wildman–Crippen MR) is 103 cm³/mol. The van der Waals surface area contributed by atoms with Crippen LogP contribution in [0.15, 0.2) is 30.7 Å². The Morgan fingerprint density at radius 2 is 1.89 bits per heavy atom. The average molecular weight is 409 g/mol. The van der Waals surface area contributed by atoms with E-state index in [0.29, 0.717) is 22.4 Å². The summed E-state index contributed by atoms with van der Waals surface area (Å²) in [5.41, 5.74) is 0. The maximum absolute atomic E-state index is 12.8. The zero-order valence-electron chi connectivity index (χ0n) is 14.6. The minimum atomic E-state index is -0.335. The fraction of sp³-hybridized carbons (Fsp3) is 0.353. The van der Waals surface area contributed by atoms with Crippen molar-refractivity contribution in [3.63, 3.8) is 0 Å². The highest BCUT2D eigenvalue weighted by molar-refractivity contribution is 6.30. The van der Waals surface area contributed by atoms with Crippen molar-refractivity contribution in [1.29, 1.82) is 0 Å². The van der Waals surface area contributed by atoms with Gasteiger partial charge in [-0.3, -0.25) is 9.69 Å². The second kappa shape index (κ2) is 8.49. The van der Waals surface area contributed by atoms with Crippen LogP contribution in [0, 0.1) is 0 Å². The Morgan fingerprint density at radius 1 is 1.19 bits per heavy atom. The maximum atomic E-state index is 12.8. The largest absolute Gasteiger partial charge is 0.327 e. The van der Waals surface area contributed by atoms with E-state index < -0.39 is 0 Å². The average Bonchev–Trinajstić information content (AvgIpc) is 2.94. The number of hydrogen-bond acceptors (Lipinski definition) is 5. The molecule has 2 aromatic heterocycles. The summed E-state index contributed by atoms with van der Waals surface area (Å²) in [4.78, 5) is 40.5. The monoisotopic (exact) mass is 408 g/mol. The van der Waals surface area contributed by atoms with Gasteiger partial charge in [-0.05, 0) is 18.6 Å². The maximum Gasteiger partial charge on any atom is 0.327 e. The number of urea groups is 1. The highest BCUT2D eigenvalue weighted by Gasteiger charge is 2.39. The van der Waals surface area contributed by atoms with Crippen molar-refractivity contribution in [3.8, 4) is 0 Å². The molecule has 0 radical (unpaired) electrons. The van der Waals surface area contributed by atoms with Gasteiger partial charge >= 0.3 is 6.03 Å². The molecule has 1 aliphatic heterocycles. The summed E-state index contributed by atoms with van der Waals surface area (Å²) in [5, 5.41) is 3.54. The molecule has 2 aromatic rings. The molecule has 1 atom stereocenters. The van der Waals surface area contributed by atoms with Crippen LogP contribution < -0.4 is 10.2 Å². The number of aromatic nitrogens is 3. The summed E-state index contributed by atoms with van der Waals surface area (Å²) < 4.78 is 0. The number of nitrogens with zero attached hydrogens (tertiary/aromatic N) is 5. The standard InChI is InChI=1S/C17H18Cl2N6O2/c1-2-3-13-9-25(16-21-7-12(19)8-22-16)17(27)24(13)10-15(26)23-14-5-4-11(18)6-20-14/h4-8,13H,2-3,9-10H2,1H3,(H,20,23,26)/t13-/m0/s1. The third-order valence-electron chi connectivity index (χ3n) is 4.09. The van der Waals surface area contributed by atoms with Crippen molar-refractivity contribution in [2.24, 2.45) is 0 Å². The zero-order valence-corrected chi connectivity index (χ0v) is 16.1. The summed E-state index contributed by atoms with van der Waals surface area (Å²) in [6.45, 7) is 2.36. The lowest BCUT2D eigenvalue weighted by Crippen LogP contribution is -2.41. The van der Waals surface area contributed by atoms with Crippen molar-refractivity contribution >= 4 is 46.9 Å². The summed E-state index contributed by atoms with van der Waals surface area (Å²) in [6.07, 6.45) is 5.96. The Balaban J connectivity index is 1.71. The van der Waals surface area contributed by atoms with Crippen LogP contribution in [0.25, 0.3) is 0 Å². The topological polar surface area (TPSA) is 91.3 Å². The number of pyridine rings is 1. The van der Waals surface area contributed by atoms with Crippen LogP contribution in [-0.4, -0.2) is 50.9 Å². The molecule has 3 amide bonds. The molecule has 1 saturated heterocycles. The van der Waals surface area contributed by atoms with Gasteiger partial charge in [-0.1, -0.05) is 36.5 Å². The van der Waals surface area contributed by atoms with E-state index in [1.165, 1.54) is 28.4 Å². The first-order valence-corrected chi connectivity index (χ1v) is 9.20. The zero-order chi connectivity index (χ0) is 19.4. The Morgan fingerprint density at radius 3 is 2.52 bits per heavy atom. The number of halogens is 2. The molecule has 3 heterocycles. The molecule has 142 valence electrons. The van der Waals surface area contributed by atoms with E-state index in [1.807, 2.05) is 6.92 Å². The molecule has 0 spiro atoms. The highest BCUT2D eigenvalue weighted by atomic mass is 35.5. The van der Waals surface area contributed by atoms with Crippen LogP contribution in [0.3, 0.4) is 0 Å². The molecule has 0 aliphatic carbocycles. The van der Waals surface area contributed by atoms with Crippen molar-refractivity contribution in [3.05, 3.63) is 40.8 Å². The van der Waals surface area contributed by atoms with Crippen molar-refractivity contribution in [1.82, 2.24) is 19.9 Å². The molecular weight excluding hydrogens is 391 g/mol. The van der Waals surface area contributed by atoms with Gasteiger partial charge < -0.3 is 10.2 Å². The smallest absolute Gasteiger partial charge is 0.310 e. The van der Waals surface area contributed by atoms with Crippen LogP contribution in [-0.2, 0) is 4.79 Å². The van der Waals surface area contributed by atoms with Crippen LogP contribution in [0.5, 0.6) is 0 Å². The minimum Gasteiger partial charge on any atom is -0.310 e. The Hall–Kier alpha value is -2.45. The number of amides is 3. The van der Waals surface area contributed by atoms with E-state index >= 15 is 0 Å². The summed E-state index contributed by atoms with van der Waals surface area (Å²) in [5.74, 6) is 0.312. The molecule has 0 saturated carbocycles. The fourth-order valence-corrected chi connectivity index (χ4v) is 3.08. The minimum absolute atomic E-state index is 0.0854. The molecule has 0 aromatic carbocycles. The predicted octanol–water partition coefficient (Wildman–Crippen LogP) is 3.23. The lowest BCUT2D eigenvalue weighted by Gasteiger charge is -2.22. The second-order valence-corrected chi connectivity index (χ2v) is 6.95. The van der Waals surface area contributed by atoms with Gasteiger partial charge in [0.1, 0.15) is 12.4 Å². The molecule has 1 aliphatic rings. The van der Waals surface area contributed by atoms with Crippen LogP contribution in [0.1, 0.15) is 19.8 Å². The molecule has 3 rings (SSSR count). The Labute approximate surface area is 166 Å². The second-order valence-electron chi connectivity index (χ2n) is 6.07. The van der Waals surface area contributed by atoms with Gasteiger partial charge in [0.05, 0.1) is 35.0 Å². The molecule has 8 nitrogen and oxygen atoms in total. The quantitative estimate of drug-likeness (QED) is 0.791. The van der Waals surface area contributed by atoms with Crippen molar-refractivity contribution < 1.29 is 9.59 Å². The number of carbonyl (C=O) groups is 2. The first-order chi connectivity index (χ1) is 13.0. The third kappa shape index (κ3) is 4.64. The van der Waals surface area contributed by atoms with Crippen molar-refractivity contribution in [2.45, 2.75) is 25.8 Å². The van der Waals surface area contributed by atoms with Gasteiger partial charge in [0.15, 0.2) is 0 Å². The summed E-state index contributed by atoms with van der Waals surface area (Å²) in [7, 11) is 0. The van der Waals surface area contributed by atoms with Crippen molar-refractivity contribution in [2.75, 3.05) is 23.3 Å². The lowest BCUT2D eigenvalue weighted by molar-refractivity contribution is -0.117. The van der Waals surface area contributed by atoms with E-state index in [2.05, 4.69) is 20.3 Å². The van der Waals surface area contributed by atoms with E-state index in [4.69, 9.17) is 23.2 Å². The third-order valence-corrected chi connectivity index (χ3v) is 4.51. The molecule has 10 heteroatoms. The van der Waals surface area contributed by atoms with Gasteiger partial charge in [0, 0.05) is 6.20 Å². The van der Waals surface area contributed by atoms with E-state index in [-0.39, 0.29) is 30.5 Å². The molecule has 0 bridgehead atoms. The lowest BCUT2D eigenvalue weighted by atomic mass is 10.1. The van der Waals surface area contributed by atoms with Gasteiger partial charge in [-0.2, -0.15) is 0 Å². The number of anilines is 2. The van der Waals surface area contributed by atoms with E-state index in [1.54, 1.807) is 12.1 Å². The SMILES string of the molecule is CCC[C@H]1CN(c2ncc(Cl)cn2)C(=O)N1CC(=O)Nc1ccc(Cl)cn1. The normalized spacial score (nSPS) is 16.7. The van der Waals surface area contributed by atoms with Gasteiger partial charge in [0.2, 0.25) is 11.9 Å². The van der Waals surface area contributed by atoms with Gasteiger partial charge in [0.25, 0.3) is 0 Å². The summed E-state index contributed by atoms with van der Waals surface area (Å²) >= 11 is 11.6. The number of rotatable bonds is 6. The fourth-order valence-electron chi connectivity index (χ4n) is 2.87. The first kappa shape index (κ1) is 19.3. The molecule has 27 heavy (non-hydrogen) atoms. The van der Waals surface area contributed by atoms with Gasteiger partial charge in [-0.15, -0.1) is 0 Å². The molecule has 1 N–H and O–H groups in total. The number of carbonyl (C=O) groups excluding carboxylic acids is 2. The highest BCUT2D eigenvalue weighted by Crippen LogP contribution is 2.24. The van der Waals surface area contributed by atoms with Crippen LogP contribution >= 0.6 is 23.2 Å². The van der Waals surface area contributed by atoms with E-state index in [0.717, 1.165) is 12.8 Å². The molecular formula is C17H18Cl2N6O2. The first-order valence-electron chi connectivity index (χ1n) is 8.45. The van der Waals surface area contributed by atoms with Crippen LogP contribution in [0.2, 0.25) is 10.0 Å². The molecule has 0 unspecified atom stereocenters. The number of nitrogens with one attached hydrogen (secondary N) is 1. The summed E-state index contributed by atoms with van der Waals surface area (Å²) in [6, 6.07) is 2.81. The number of hydrogen-bond donors (Lipinski definition) is 1. The van der Waals surface area contributed by atoms with E-state index in [9.17, 15) is 9.59 Å². The van der Waals surface area contributed by atoms with Gasteiger partial charge in [-0.25, -0.2) is 19.7 Å². The Bertz CT molecular complexity index is 815.